The van der Waals surface area contributed by atoms with Gasteiger partial charge in [-0.25, -0.2) is 4.79 Å². The Hall–Kier alpha value is -1.54. The maximum Gasteiger partial charge on any atom is 0.438 e. The Balaban J connectivity index is 1.61. The molecule has 0 atom stereocenters. The molecule has 0 radical (unpaired) electrons. The third-order valence-electron chi connectivity index (χ3n) is 2.58. The molecule has 2 N–H and O–H groups in total. The van der Waals surface area contributed by atoms with E-state index < -0.39 is 5.76 Å². The van der Waals surface area contributed by atoms with E-state index in [9.17, 15) is 9.59 Å². The van der Waals surface area contributed by atoms with Gasteiger partial charge in [0.25, 0.3) is 0 Å². The van der Waals surface area contributed by atoms with Crippen molar-refractivity contribution in [3.63, 3.8) is 0 Å². The van der Waals surface area contributed by atoms with Gasteiger partial charge in [0.1, 0.15) is 0 Å². The van der Waals surface area contributed by atoms with E-state index in [2.05, 4.69) is 35.9 Å². The summed E-state index contributed by atoms with van der Waals surface area (Å²) in [6.07, 6.45) is 0.439. The van der Waals surface area contributed by atoms with Crippen molar-refractivity contribution in [2.45, 2.75) is 12.2 Å². The van der Waals surface area contributed by atoms with E-state index >= 15 is 0 Å². The van der Waals surface area contributed by atoms with Gasteiger partial charge in [0.2, 0.25) is 5.91 Å². The van der Waals surface area contributed by atoms with Crippen LogP contribution >= 0.6 is 27.7 Å². The summed E-state index contributed by atoms with van der Waals surface area (Å²) < 4.78 is 5.40. The molecule has 0 aliphatic carbocycles. The van der Waals surface area contributed by atoms with Crippen molar-refractivity contribution in [2.24, 2.45) is 0 Å². The number of nitrogens with one attached hydrogen (secondary N) is 2. The van der Waals surface area contributed by atoms with Crippen LogP contribution in [0.15, 0.2) is 38.1 Å². The number of hydrogen-bond acceptors (Lipinski definition) is 5. The number of nitrogens with zero attached hydrogens (tertiary/aromatic N) is 1. The molecule has 0 saturated heterocycles. The third kappa shape index (κ3) is 5.76. The number of benzene rings is 1. The van der Waals surface area contributed by atoms with Crippen LogP contribution in [0.4, 0.5) is 0 Å². The highest BCUT2D eigenvalue weighted by molar-refractivity contribution is 9.10. The molecule has 0 aliphatic heterocycles. The molecule has 2 aromatic rings. The second kappa shape index (κ2) is 8.04. The molecule has 8 heteroatoms. The lowest BCUT2D eigenvalue weighted by Gasteiger charge is -2.04. The smallest absolute Gasteiger partial charge is 0.355 e. The van der Waals surface area contributed by atoms with Crippen molar-refractivity contribution >= 4 is 33.6 Å². The van der Waals surface area contributed by atoms with Crippen LogP contribution in [-0.2, 0) is 17.0 Å². The van der Waals surface area contributed by atoms with E-state index in [1.54, 1.807) is 11.8 Å². The largest absolute Gasteiger partial charge is 0.438 e. The number of thioether (sulfide) groups is 1. The molecule has 1 aromatic carbocycles. The van der Waals surface area contributed by atoms with E-state index in [1.165, 1.54) is 5.56 Å². The zero-order valence-electron chi connectivity index (χ0n) is 11.1. The second-order valence-corrected chi connectivity index (χ2v) is 6.16. The van der Waals surface area contributed by atoms with Gasteiger partial charge in [0.15, 0.2) is 5.82 Å². The molecule has 0 unspecified atom stereocenters. The quantitative estimate of drug-likeness (QED) is 0.773. The molecule has 0 spiro atoms. The van der Waals surface area contributed by atoms with Crippen LogP contribution in [0.1, 0.15) is 11.4 Å². The molecule has 0 saturated carbocycles. The Bertz CT molecular complexity index is 639. The van der Waals surface area contributed by atoms with E-state index in [1.807, 2.05) is 24.3 Å². The molecule has 6 nitrogen and oxygen atoms in total. The summed E-state index contributed by atoms with van der Waals surface area (Å²) in [7, 11) is 0. The van der Waals surface area contributed by atoms with Crippen molar-refractivity contribution in [3.05, 3.63) is 50.7 Å². The van der Waals surface area contributed by atoms with Crippen molar-refractivity contribution < 1.29 is 9.32 Å². The highest BCUT2D eigenvalue weighted by Crippen LogP contribution is 2.15. The van der Waals surface area contributed by atoms with Crippen LogP contribution in [-0.4, -0.2) is 28.3 Å². The molecular weight excluding hydrogens is 358 g/mol. The first kappa shape index (κ1) is 15.8. The maximum absolute atomic E-state index is 11.6. The topological polar surface area (TPSA) is 88.0 Å². The molecular formula is C13H14BrN3O3S. The number of rotatable bonds is 7. The summed E-state index contributed by atoms with van der Waals surface area (Å²) in [4.78, 5) is 24.8. The van der Waals surface area contributed by atoms with Crippen LogP contribution in [0.5, 0.6) is 0 Å². The standard InChI is InChI=1S/C13H14BrN3O3S/c14-10-3-1-9(2-4-10)7-21-8-12(18)15-6-5-11-16-13(19)20-17-11/h1-4H,5-8H2,(H,15,18)(H,16,17,19). The highest BCUT2D eigenvalue weighted by Gasteiger charge is 2.04. The predicted octanol–water partition coefficient (Wildman–Crippen LogP) is 1.72. The molecule has 1 amide bonds. The van der Waals surface area contributed by atoms with Crippen LogP contribution in [0.25, 0.3) is 0 Å². The predicted molar refractivity (Wildman–Crippen MR) is 84.1 cm³/mol. The van der Waals surface area contributed by atoms with Gasteiger partial charge < -0.3 is 5.32 Å². The SMILES string of the molecule is O=C(CSCc1ccc(Br)cc1)NCCc1noc(=O)[nH]1. The zero-order chi connectivity index (χ0) is 15.1. The lowest BCUT2D eigenvalue weighted by molar-refractivity contribution is -0.118. The number of hydrogen-bond donors (Lipinski definition) is 2. The minimum atomic E-state index is -0.582. The molecule has 0 fully saturated rings. The fourth-order valence-electron chi connectivity index (χ4n) is 1.58. The van der Waals surface area contributed by atoms with E-state index in [-0.39, 0.29) is 5.91 Å². The van der Waals surface area contributed by atoms with Gasteiger partial charge in [-0.1, -0.05) is 33.2 Å². The first-order valence-corrected chi connectivity index (χ1v) is 8.22. The Morgan fingerprint density at radius 1 is 1.38 bits per heavy atom. The zero-order valence-corrected chi connectivity index (χ0v) is 13.5. The fraction of sp³-hybridized carbons (Fsp3) is 0.308. The molecule has 0 bridgehead atoms. The monoisotopic (exact) mass is 371 g/mol. The number of H-pyrrole nitrogens is 1. The first-order valence-electron chi connectivity index (χ1n) is 6.27. The number of amides is 1. The minimum absolute atomic E-state index is 0.0389. The normalized spacial score (nSPS) is 10.5. The molecule has 0 aliphatic rings. The molecule has 21 heavy (non-hydrogen) atoms. The lowest BCUT2D eigenvalue weighted by Crippen LogP contribution is -2.27. The van der Waals surface area contributed by atoms with Crippen molar-refractivity contribution in [1.82, 2.24) is 15.5 Å². The third-order valence-corrected chi connectivity index (χ3v) is 4.12. The van der Waals surface area contributed by atoms with Gasteiger partial charge in [0.05, 0.1) is 5.75 Å². The van der Waals surface area contributed by atoms with Crippen molar-refractivity contribution in [3.8, 4) is 0 Å². The maximum atomic E-state index is 11.6. The van der Waals surface area contributed by atoms with E-state index in [0.29, 0.717) is 24.5 Å². The number of halogens is 1. The van der Waals surface area contributed by atoms with Gasteiger partial charge in [-0.3, -0.25) is 14.3 Å². The number of aromatic nitrogens is 2. The Labute approximate surface area is 133 Å². The van der Waals surface area contributed by atoms with Crippen molar-refractivity contribution in [2.75, 3.05) is 12.3 Å². The van der Waals surface area contributed by atoms with Crippen LogP contribution in [0.3, 0.4) is 0 Å². The Kier molecular flexibility index (Phi) is 6.06. The minimum Gasteiger partial charge on any atom is -0.355 e. The molecule has 2 rings (SSSR count). The summed E-state index contributed by atoms with van der Waals surface area (Å²) in [6.45, 7) is 0.417. The summed E-state index contributed by atoms with van der Waals surface area (Å²) in [5.74, 6) is 0.995. The highest BCUT2D eigenvalue weighted by atomic mass is 79.9. The van der Waals surface area contributed by atoms with Gasteiger partial charge in [-0.2, -0.15) is 0 Å². The van der Waals surface area contributed by atoms with Gasteiger partial charge in [-0.05, 0) is 17.7 Å². The number of aromatic amines is 1. The summed E-state index contributed by atoms with van der Waals surface area (Å²) in [6, 6.07) is 8.01. The van der Waals surface area contributed by atoms with Crippen LogP contribution in [0, 0.1) is 0 Å². The summed E-state index contributed by atoms with van der Waals surface area (Å²) >= 11 is 4.93. The summed E-state index contributed by atoms with van der Waals surface area (Å²) in [5, 5.41) is 6.28. The first-order chi connectivity index (χ1) is 10.1. The number of carbonyl (C=O) groups excluding carboxylic acids is 1. The van der Waals surface area contributed by atoms with E-state index in [4.69, 9.17) is 0 Å². The Morgan fingerprint density at radius 2 is 2.14 bits per heavy atom. The number of carbonyl (C=O) groups is 1. The van der Waals surface area contributed by atoms with Gasteiger partial charge in [0, 0.05) is 23.2 Å². The summed E-state index contributed by atoms with van der Waals surface area (Å²) in [5.41, 5.74) is 1.18. The second-order valence-electron chi connectivity index (χ2n) is 4.26. The molecule has 1 aromatic heterocycles. The fourth-order valence-corrected chi connectivity index (χ4v) is 2.66. The van der Waals surface area contributed by atoms with E-state index in [0.717, 1.165) is 10.2 Å². The Morgan fingerprint density at radius 3 is 2.81 bits per heavy atom. The average molecular weight is 372 g/mol. The van der Waals surface area contributed by atoms with Gasteiger partial charge >= 0.3 is 5.76 Å². The van der Waals surface area contributed by atoms with Crippen LogP contribution in [0.2, 0.25) is 0 Å². The van der Waals surface area contributed by atoms with Crippen LogP contribution < -0.4 is 11.1 Å². The van der Waals surface area contributed by atoms with Gasteiger partial charge in [-0.15, -0.1) is 11.8 Å². The lowest BCUT2D eigenvalue weighted by atomic mass is 10.2. The average Bonchev–Trinajstić information content (AvgIpc) is 2.87. The molecule has 1 heterocycles. The molecule has 112 valence electrons. The van der Waals surface area contributed by atoms with Crippen molar-refractivity contribution in [1.29, 1.82) is 0 Å².